The highest BCUT2D eigenvalue weighted by atomic mass is 79.9. The minimum absolute atomic E-state index is 0.0629. The number of phenols is 1. The zero-order valence-electron chi connectivity index (χ0n) is 9.12. The van der Waals surface area contributed by atoms with Crippen LogP contribution in [0.4, 0.5) is 0 Å². The molecule has 1 atom stereocenters. The molecule has 0 amide bonds. The predicted molar refractivity (Wildman–Crippen MR) is 65.3 cm³/mol. The van der Waals surface area contributed by atoms with Crippen LogP contribution in [0.1, 0.15) is 24.2 Å². The Morgan fingerprint density at radius 2 is 2.06 bits per heavy atom. The predicted octanol–water partition coefficient (Wildman–Crippen LogP) is 2.64. The number of carbonyl (C=O) groups is 1. The van der Waals surface area contributed by atoms with Crippen LogP contribution < -0.4 is 0 Å². The summed E-state index contributed by atoms with van der Waals surface area (Å²) >= 11 is 3.19. The molecule has 0 aliphatic rings. The van der Waals surface area contributed by atoms with E-state index in [-0.39, 0.29) is 17.1 Å². The SMILES string of the molecule is C=C(C(C)=O)C(O)c1ccc(C)c(O)c1Br. The van der Waals surface area contributed by atoms with Crippen LogP contribution in [0.3, 0.4) is 0 Å². The second kappa shape index (κ2) is 4.80. The monoisotopic (exact) mass is 284 g/mol. The number of hydrogen-bond donors (Lipinski definition) is 2. The van der Waals surface area contributed by atoms with Gasteiger partial charge < -0.3 is 10.2 Å². The van der Waals surface area contributed by atoms with Crippen LogP contribution in [0.25, 0.3) is 0 Å². The lowest BCUT2D eigenvalue weighted by molar-refractivity contribution is -0.114. The lowest BCUT2D eigenvalue weighted by Crippen LogP contribution is -2.08. The normalized spacial score (nSPS) is 12.2. The van der Waals surface area contributed by atoms with Gasteiger partial charge in [-0.05, 0) is 35.3 Å². The van der Waals surface area contributed by atoms with Crippen molar-refractivity contribution in [1.82, 2.24) is 0 Å². The lowest BCUT2D eigenvalue weighted by Gasteiger charge is -2.15. The van der Waals surface area contributed by atoms with Gasteiger partial charge in [0.15, 0.2) is 5.78 Å². The third-order valence-corrected chi connectivity index (χ3v) is 3.26. The summed E-state index contributed by atoms with van der Waals surface area (Å²) in [5, 5.41) is 19.6. The first-order chi connectivity index (χ1) is 7.36. The molecule has 3 nitrogen and oxygen atoms in total. The van der Waals surface area contributed by atoms with E-state index in [1.165, 1.54) is 6.92 Å². The fourth-order valence-electron chi connectivity index (χ4n) is 1.27. The van der Waals surface area contributed by atoms with Crippen molar-refractivity contribution in [2.75, 3.05) is 0 Å². The summed E-state index contributed by atoms with van der Waals surface area (Å²) < 4.78 is 0.391. The molecule has 0 aliphatic carbocycles. The molecule has 0 saturated carbocycles. The van der Waals surface area contributed by atoms with E-state index >= 15 is 0 Å². The molecular formula is C12H13BrO3. The van der Waals surface area contributed by atoms with Crippen LogP contribution >= 0.6 is 15.9 Å². The fraction of sp³-hybridized carbons (Fsp3) is 0.250. The molecule has 0 radical (unpaired) electrons. The second-order valence-electron chi connectivity index (χ2n) is 3.62. The van der Waals surface area contributed by atoms with Crippen molar-refractivity contribution < 1.29 is 15.0 Å². The smallest absolute Gasteiger partial charge is 0.158 e. The molecule has 0 spiro atoms. The number of ketones is 1. The van der Waals surface area contributed by atoms with Gasteiger partial charge in [-0.15, -0.1) is 0 Å². The molecule has 86 valence electrons. The number of aliphatic hydroxyl groups is 1. The Balaban J connectivity index is 3.20. The standard InChI is InChI=1S/C12H13BrO3/c1-6-4-5-9(10(13)11(6)15)12(16)7(2)8(3)14/h4-5,12,15-16H,2H2,1,3H3. The van der Waals surface area contributed by atoms with Crippen molar-refractivity contribution in [1.29, 1.82) is 0 Å². The summed E-state index contributed by atoms with van der Waals surface area (Å²) in [7, 11) is 0. The Hall–Kier alpha value is -1.13. The third-order valence-electron chi connectivity index (χ3n) is 2.42. The highest BCUT2D eigenvalue weighted by Gasteiger charge is 2.19. The number of benzene rings is 1. The van der Waals surface area contributed by atoms with E-state index in [1.54, 1.807) is 19.1 Å². The summed E-state index contributed by atoms with van der Waals surface area (Å²) in [4.78, 5) is 11.1. The van der Waals surface area contributed by atoms with E-state index in [2.05, 4.69) is 22.5 Å². The van der Waals surface area contributed by atoms with Gasteiger partial charge in [-0.3, -0.25) is 4.79 Å². The minimum Gasteiger partial charge on any atom is -0.506 e. The number of aryl methyl sites for hydroxylation is 1. The Labute approximate surface area is 103 Å². The molecule has 0 aliphatic heterocycles. The lowest BCUT2D eigenvalue weighted by atomic mass is 9.99. The van der Waals surface area contributed by atoms with E-state index < -0.39 is 6.10 Å². The van der Waals surface area contributed by atoms with Crippen molar-refractivity contribution in [2.24, 2.45) is 0 Å². The largest absolute Gasteiger partial charge is 0.506 e. The van der Waals surface area contributed by atoms with Gasteiger partial charge in [-0.2, -0.15) is 0 Å². The van der Waals surface area contributed by atoms with Gasteiger partial charge in [0.05, 0.1) is 4.47 Å². The first-order valence-corrected chi connectivity index (χ1v) is 5.51. The first kappa shape index (κ1) is 12.9. The van der Waals surface area contributed by atoms with Crippen LogP contribution in [-0.4, -0.2) is 16.0 Å². The maximum Gasteiger partial charge on any atom is 0.158 e. The van der Waals surface area contributed by atoms with Gasteiger partial charge in [-0.25, -0.2) is 0 Å². The number of aliphatic hydroxyl groups excluding tert-OH is 1. The Morgan fingerprint density at radius 1 is 1.50 bits per heavy atom. The summed E-state index contributed by atoms with van der Waals surface area (Å²) in [6.45, 7) is 6.61. The molecule has 0 saturated heterocycles. The molecule has 2 N–H and O–H groups in total. The van der Waals surface area contributed by atoms with Crippen LogP contribution in [0.15, 0.2) is 28.8 Å². The molecule has 1 rings (SSSR count). The summed E-state index contributed by atoms with van der Waals surface area (Å²) in [5.41, 5.74) is 1.23. The maximum absolute atomic E-state index is 11.1. The molecule has 0 aromatic heterocycles. The van der Waals surface area contributed by atoms with E-state index in [4.69, 9.17) is 0 Å². The Bertz CT molecular complexity index is 452. The van der Waals surface area contributed by atoms with E-state index in [0.29, 0.717) is 15.6 Å². The number of aromatic hydroxyl groups is 1. The van der Waals surface area contributed by atoms with Crippen molar-refractivity contribution in [3.05, 3.63) is 39.9 Å². The Morgan fingerprint density at radius 3 is 2.56 bits per heavy atom. The van der Waals surface area contributed by atoms with Crippen molar-refractivity contribution in [3.8, 4) is 5.75 Å². The molecule has 1 unspecified atom stereocenters. The molecular weight excluding hydrogens is 272 g/mol. The number of rotatable bonds is 3. The average molecular weight is 285 g/mol. The highest BCUT2D eigenvalue weighted by Crippen LogP contribution is 2.36. The van der Waals surface area contributed by atoms with Crippen LogP contribution in [0.5, 0.6) is 5.75 Å². The number of carbonyl (C=O) groups excluding carboxylic acids is 1. The zero-order valence-corrected chi connectivity index (χ0v) is 10.7. The average Bonchev–Trinajstić information content (AvgIpc) is 2.24. The van der Waals surface area contributed by atoms with Gasteiger partial charge in [-0.1, -0.05) is 18.7 Å². The Kier molecular flexibility index (Phi) is 3.88. The van der Waals surface area contributed by atoms with Gasteiger partial charge >= 0.3 is 0 Å². The van der Waals surface area contributed by atoms with Crippen molar-refractivity contribution in [3.63, 3.8) is 0 Å². The molecule has 1 aromatic carbocycles. The van der Waals surface area contributed by atoms with E-state index in [1.807, 2.05) is 0 Å². The number of phenolic OH excluding ortho intramolecular Hbond substituents is 1. The fourth-order valence-corrected chi connectivity index (χ4v) is 1.93. The van der Waals surface area contributed by atoms with E-state index in [9.17, 15) is 15.0 Å². The van der Waals surface area contributed by atoms with Gasteiger partial charge in [0.1, 0.15) is 11.9 Å². The summed E-state index contributed by atoms with van der Waals surface area (Å²) in [6.07, 6.45) is -1.10. The number of Topliss-reactive ketones (excluding diaryl/α,β-unsaturated/α-hetero) is 1. The minimum atomic E-state index is -1.10. The molecule has 0 fully saturated rings. The molecule has 0 bridgehead atoms. The highest BCUT2D eigenvalue weighted by molar-refractivity contribution is 9.10. The molecule has 4 heteroatoms. The number of halogens is 1. The summed E-state index contributed by atoms with van der Waals surface area (Å²) in [5.74, 6) is -0.215. The van der Waals surface area contributed by atoms with Gasteiger partial charge in [0.25, 0.3) is 0 Å². The van der Waals surface area contributed by atoms with Gasteiger partial charge in [0, 0.05) is 11.1 Å². The van der Waals surface area contributed by atoms with Crippen molar-refractivity contribution in [2.45, 2.75) is 20.0 Å². The first-order valence-electron chi connectivity index (χ1n) is 4.72. The molecule has 16 heavy (non-hydrogen) atoms. The van der Waals surface area contributed by atoms with Crippen molar-refractivity contribution >= 4 is 21.7 Å². The third kappa shape index (κ3) is 2.33. The molecule has 1 aromatic rings. The van der Waals surface area contributed by atoms with Crippen LogP contribution in [0.2, 0.25) is 0 Å². The molecule has 0 heterocycles. The van der Waals surface area contributed by atoms with Crippen LogP contribution in [0, 0.1) is 6.92 Å². The quantitative estimate of drug-likeness (QED) is 0.839. The topological polar surface area (TPSA) is 57.5 Å². The van der Waals surface area contributed by atoms with Crippen LogP contribution in [-0.2, 0) is 4.79 Å². The van der Waals surface area contributed by atoms with Gasteiger partial charge in [0.2, 0.25) is 0 Å². The maximum atomic E-state index is 11.1. The second-order valence-corrected chi connectivity index (χ2v) is 4.41. The summed E-state index contributed by atoms with van der Waals surface area (Å²) in [6, 6.07) is 3.32. The zero-order chi connectivity index (χ0) is 12.5. The number of hydrogen-bond acceptors (Lipinski definition) is 3. The van der Waals surface area contributed by atoms with E-state index in [0.717, 1.165) is 0 Å².